The number of hydrogen-bond donors (Lipinski definition) is 1. The summed E-state index contributed by atoms with van der Waals surface area (Å²) in [7, 11) is 0. The van der Waals surface area contributed by atoms with Crippen molar-refractivity contribution in [2.24, 2.45) is 0 Å². The van der Waals surface area contributed by atoms with E-state index in [4.69, 9.17) is 20.5 Å². The molecule has 5 heteroatoms. The number of hydrogen-bond acceptors (Lipinski definition) is 4. The molecule has 0 saturated carbocycles. The highest BCUT2D eigenvalue weighted by Gasteiger charge is 2.08. The Balaban J connectivity index is 2.21. The number of nitrogen functional groups attached to an aromatic ring is 1. The maximum atomic E-state index is 13.8. The minimum absolute atomic E-state index is 0.0419. The summed E-state index contributed by atoms with van der Waals surface area (Å²) in [6.45, 7) is 2.53. The van der Waals surface area contributed by atoms with Gasteiger partial charge >= 0.3 is 0 Å². The van der Waals surface area contributed by atoms with Crippen LogP contribution >= 0.6 is 0 Å². The second kappa shape index (κ2) is 6.62. The standard InChI is InChI=1S/C16H15FN2O2/c1-2-7-20-16-9-12(4-5-14(16)19)21-15-6-3-11(10-18)8-13(15)17/h3-6,8-9H,2,7,19H2,1H3. The number of anilines is 1. The molecule has 21 heavy (non-hydrogen) atoms. The summed E-state index contributed by atoms with van der Waals surface area (Å²) >= 11 is 0. The Hall–Kier alpha value is -2.74. The quantitative estimate of drug-likeness (QED) is 0.847. The molecule has 0 aromatic heterocycles. The highest BCUT2D eigenvalue weighted by atomic mass is 19.1. The van der Waals surface area contributed by atoms with Crippen molar-refractivity contribution in [1.82, 2.24) is 0 Å². The van der Waals surface area contributed by atoms with Crippen LogP contribution in [-0.2, 0) is 0 Å². The third kappa shape index (κ3) is 3.63. The van der Waals surface area contributed by atoms with Gasteiger partial charge in [0.2, 0.25) is 0 Å². The lowest BCUT2D eigenvalue weighted by molar-refractivity contribution is 0.317. The summed E-state index contributed by atoms with van der Waals surface area (Å²) in [6, 6.07) is 10.8. The van der Waals surface area contributed by atoms with Gasteiger partial charge in [-0.3, -0.25) is 0 Å². The predicted molar refractivity (Wildman–Crippen MR) is 77.8 cm³/mol. The fourth-order valence-corrected chi connectivity index (χ4v) is 1.70. The molecule has 0 unspecified atom stereocenters. The zero-order chi connectivity index (χ0) is 15.2. The van der Waals surface area contributed by atoms with Gasteiger partial charge in [0, 0.05) is 6.07 Å². The van der Waals surface area contributed by atoms with Crippen molar-refractivity contribution in [3.63, 3.8) is 0 Å². The van der Waals surface area contributed by atoms with Gasteiger partial charge in [0.1, 0.15) is 11.5 Å². The summed E-state index contributed by atoms with van der Waals surface area (Å²) in [5.41, 5.74) is 6.54. The van der Waals surface area contributed by atoms with Crippen molar-refractivity contribution < 1.29 is 13.9 Å². The molecule has 2 N–H and O–H groups in total. The van der Waals surface area contributed by atoms with Gasteiger partial charge in [0.25, 0.3) is 0 Å². The van der Waals surface area contributed by atoms with Crippen molar-refractivity contribution in [2.75, 3.05) is 12.3 Å². The van der Waals surface area contributed by atoms with Gasteiger partial charge < -0.3 is 15.2 Å². The number of nitriles is 1. The Morgan fingerprint density at radius 2 is 2.00 bits per heavy atom. The van der Waals surface area contributed by atoms with E-state index >= 15 is 0 Å². The van der Waals surface area contributed by atoms with Crippen molar-refractivity contribution in [2.45, 2.75) is 13.3 Å². The molecular weight excluding hydrogens is 271 g/mol. The van der Waals surface area contributed by atoms with Crippen LogP contribution in [0.5, 0.6) is 17.2 Å². The molecule has 0 atom stereocenters. The van der Waals surface area contributed by atoms with E-state index in [2.05, 4.69) is 0 Å². The summed E-state index contributed by atoms with van der Waals surface area (Å²) < 4.78 is 24.7. The number of halogens is 1. The van der Waals surface area contributed by atoms with Crippen LogP contribution in [0.1, 0.15) is 18.9 Å². The van der Waals surface area contributed by atoms with Gasteiger partial charge in [-0.05, 0) is 36.8 Å². The minimum atomic E-state index is -0.595. The Morgan fingerprint density at radius 3 is 2.67 bits per heavy atom. The Kier molecular flexibility index (Phi) is 4.62. The van der Waals surface area contributed by atoms with Crippen molar-refractivity contribution >= 4 is 5.69 Å². The first-order chi connectivity index (χ1) is 10.1. The van der Waals surface area contributed by atoms with Crippen LogP contribution in [0, 0.1) is 17.1 Å². The lowest BCUT2D eigenvalue weighted by atomic mass is 10.2. The second-order valence-corrected chi connectivity index (χ2v) is 4.41. The second-order valence-electron chi connectivity index (χ2n) is 4.41. The van der Waals surface area contributed by atoms with Crippen LogP contribution in [-0.4, -0.2) is 6.61 Å². The van der Waals surface area contributed by atoms with Crippen molar-refractivity contribution in [3.8, 4) is 23.3 Å². The average Bonchev–Trinajstić information content (AvgIpc) is 2.49. The lowest BCUT2D eigenvalue weighted by Gasteiger charge is -2.11. The molecule has 0 fully saturated rings. The molecule has 0 radical (unpaired) electrons. The van der Waals surface area contributed by atoms with Gasteiger partial charge in [-0.15, -0.1) is 0 Å². The Labute approximate surface area is 122 Å². The number of rotatable bonds is 5. The van der Waals surface area contributed by atoms with Crippen molar-refractivity contribution in [3.05, 3.63) is 47.8 Å². The third-order valence-corrected chi connectivity index (χ3v) is 2.74. The van der Waals surface area contributed by atoms with E-state index in [0.29, 0.717) is 23.8 Å². The predicted octanol–water partition coefficient (Wildman–Crippen LogP) is 3.86. The minimum Gasteiger partial charge on any atom is -0.491 e. The molecule has 108 valence electrons. The molecular formula is C16H15FN2O2. The largest absolute Gasteiger partial charge is 0.491 e. The van der Waals surface area contributed by atoms with Crippen LogP contribution in [0.3, 0.4) is 0 Å². The number of nitrogens with two attached hydrogens (primary N) is 1. The fraction of sp³-hybridized carbons (Fsp3) is 0.188. The first kappa shape index (κ1) is 14.7. The SMILES string of the molecule is CCCOc1cc(Oc2ccc(C#N)cc2F)ccc1N. The molecule has 2 aromatic carbocycles. The zero-order valence-electron chi connectivity index (χ0n) is 11.6. The van der Waals surface area contributed by atoms with E-state index in [1.54, 1.807) is 18.2 Å². The average molecular weight is 286 g/mol. The molecule has 0 saturated heterocycles. The van der Waals surface area contributed by atoms with Crippen LogP contribution in [0.2, 0.25) is 0 Å². The summed E-state index contributed by atoms with van der Waals surface area (Å²) in [5, 5.41) is 8.70. The summed E-state index contributed by atoms with van der Waals surface area (Å²) in [4.78, 5) is 0. The van der Waals surface area contributed by atoms with Crippen LogP contribution in [0.15, 0.2) is 36.4 Å². The highest BCUT2D eigenvalue weighted by Crippen LogP contribution is 2.31. The number of nitrogens with zero attached hydrogens (tertiary/aromatic N) is 1. The zero-order valence-corrected chi connectivity index (χ0v) is 11.6. The highest BCUT2D eigenvalue weighted by molar-refractivity contribution is 5.56. The van der Waals surface area contributed by atoms with E-state index in [9.17, 15) is 4.39 Å². The fourth-order valence-electron chi connectivity index (χ4n) is 1.70. The van der Waals surface area contributed by atoms with Gasteiger partial charge in [-0.1, -0.05) is 6.92 Å². The number of benzene rings is 2. The molecule has 0 heterocycles. The van der Waals surface area contributed by atoms with Gasteiger partial charge in [-0.2, -0.15) is 5.26 Å². The molecule has 0 bridgehead atoms. The topological polar surface area (TPSA) is 68.3 Å². The molecule has 0 spiro atoms. The van der Waals surface area contributed by atoms with Crippen LogP contribution < -0.4 is 15.2 Å². The van der Waals surface area contributed by atoms with E-state index < -0.39 is 5.82 Å². The number of ether oxygens (including phenoxy) is 2. The molecule has 0 amide bonds. The first-order valence-electron chi connectivity index (χ1n) is 6.54. The monoisotopic (exact) mass is 286 g/mol. The van der Waals surface area contributed by atoms with E-state index in [1.165, 1.54) is 12.1 Å². The molecule has 4 nitrogen and oxygen atoms in total. The van der Waals surface area contributed by atoms with Gasteiger partial charge in [0.05, 0.1) is 23.9 Å². The van der Waals surface area contributed by atoms with Crippen LogP contribution in [0.25, 0.3) is 0 Å². The summed E-state index contributed by atoms with van der Waals surface area (Å²) in [5.74, 6) is 0.365. The van der Waals surface area contributed by atoms with Gasteiger partial charge in [0.15, 0.2) is 11.6 Å². The molecule has 0 aliphatic rings. The van der Waals surface area contributed by atoms with E-state index in [0.717, 1.165) is 12.5 Å². The maximum Gasteiger partial charge on any atom is 0.167 e. The van der Waals surface area contributed by atoms with Gasteiger partial charge in [-0.25, -0.2) is 4.39 Å². The normalized spacial score (nSPS) is 9.95. The van der Waals surface area contributed by atoms with Crippen LogP contribution in [0.4, 0.5) is 10.1 Å². The Bertz CT molecular complexity index is 680. The van der Waals surface area contributed by atoms with E-state index in [-0.39, 0.29) is 11.3 Å². The third-order valence-electron chi connectivity index (χ3n) is 2.74. The maximum absolute atomic E-state index is 13.8. The molecule has 0 aliphatic heterocycles. The summed E-state index contributed by atoms with van der Waals surface area (Å²) in [6.07, 6.45) is 0.856. The first-order valence-corrected chi connectivity index (χ1v) is 6.54. The lowest BCUT2D eigenvalue weighted by Crippen LogP contribution is -1.99. The van der Waals surface area contributed by atoms with Crippen molar-refractivity contribution in [1.29, 1.82) is 5.26 Å². The molecule has 2 rings (SSSR count). The Morgan fingerprint density at radius 1 is 1.19 bits per heavy atom. The smallest absolute Gasteiger partial charge is 0.167 e. The molecule has 2 aromatic rings. The van der Waals surface area contributed by atoms with E-state index in [1.807, 2.05) is 13.0 Å². The molecule has 0 aliphatic carbocycles.